The third kappa shape index (κ3) is 3.20. The Kier molecular flexibility index (Phi) is 4.78. The molecule has 0 radical (unpaired) electrons. The fourth-order valence-corrected chi connectivity index (χ4v) is 6.58. The van der Waals surface area contributed by atoms with Gasteiger partial charge in [-0.1, -0.05) is 52.3 Å². The van der Waals surface area contributed by atoms with Gasteiger partial charge in [0.25, 0.3) is 0 Å². The molecule has 0 aromatic heterocycles. The standard InChI is InChI=1S/C21H19BrOS2/c1-12-7-14-10-24-21(25-11-15(14)8-13(12)2)18-9-19(22)16-5-3-4-6-17(16)20(18)23/h3-9,21,23H,10-11H2,1-2H3. The molecule has 128 valence electrons. The minimum Gasteiger partial charge on any atom is -0.507 e. The number of hydrogen-bond donors (Lipinski definition) is 1. The van der Waals surface area contributed by atoms with Crippen LogP contribution in [0.1, 0.15) is 32.4 Å². The second-order valence-electron chi connectivity index (χ2n) is 6.50. The second-order valence-corrected chi connectivity index (χ2v) is 9.84. The van der Waals surface area contributed by atoms with Gasteiger partial charge in [-0.15, -0.1) is 23.5 Å². The summed E-state index contributed by atoms with van der Waals surface area (Å²) in [6.45, 7) is 4.37. The monoisotopic (exact) mass is 430 g/mol. The Morgan fingerprint density at radius 2 is 1.48 bits per heavy atom. The molecule has 1 heterocycles. The molecule has 0 bridgehead atoms. The van der Waals surface area contributed by atoms with Gasteiger partial charge in [-0.2, -0.15) is 0 Å². The summed E-state index contributed by atoms with van der Waals surface area (Å²) in [6.07, 6.45) is 0. The Morgan fingerprint density at radius 3 is 2.08 bits per heavy atom. The van der Waals surface area contributed by atoms with Crippen LogP contribution < -0.4 is 0 Å². The fraction of sp³-hybridized carbons (Fsp3) is 0.238. The lowest BCUT2D eigenvalue weighted by atomic mass is 10.0. The highest BCUT2D eigenvalue weighted by molar-refractivity contribution is 9.10. The van der Waals surface area contributed by atoms with Crippen LogP contribution in [0.5, 0.6) is 5.75 Å². The lowest BCUT2D eigenvalue weighted by molar-refractivity contribution is 0.477. The molecule has 4 heteroatoms. The van der Waals surface area contributed by atoms with Crippen LogP contribution in [0.4, 0.5) is 0 Å². The van der Waals surface area contributed by atoms with E-state index in [1.807, 2.05) is 47.8 Å². The Labute approximate surface area is 165 Å². The SMILES string of the molecule is Cc1cc2c(cc1C)CSC(c1cc(Br)c3ccccc3c1O)SC2. The molecule has 0 atom stereocenters. The molecular formula is C21H19BrOS2. The molecule has 0 fully saturated rings. The highest BCUT2D eigenvalue weighted by Crippen LogP contribution is 2.51. The largest absolute Gasteiger partial charge is 0.507 e. The highest BCUT2D eigenvalue weighted by Gasteiger charge is 2.23. The van der Waals surface area contributed by atoms with Crippen molar-refractivity contribution in [3.8, 4) is 5.75 Å². The molecule has 1 N–H and O–H groups in total. The zero-order valence-corrected chi connectivity index (χ0v) is 17.4. The van der Waals surface area contributed by atoms with Crippen molar-refractivity contribution in [1.82, 2.24) is 0 Å². The maximum atomic E-state index is 10.9. The predicted octanol–water partition coefficient (Wildman–Crippen LogP) is 7.10. The number of fused-ring (bicyclic) bond motifs is 2. The number of hydrogen-bond acceptors (Lipinski definition) is 3. The molecular weight excluding hydrogens is 412 g/mol. The van der Waals surface area contributed by atoms with E-state index in [2.05, 4.69) is 48.0 Å². The number of halogens is 1. The lowest BCUT2D eigenvalue weighted by Gasteiger charge is -2.17. The van der Waals surface area contributed by atoms with E-state index in [4.69, 9.17) is 0 Å². The molecule has 0 unspecified atom stereocenters. The molecule has 0 spiro atoms. The van der Waals surface area contributed by atoms with Crippen LogP contribution in [0.3, 0.4) is 0 Å². The topological polar surface area (TPSA) is 20.2 Å². The van der Waals surface area contributed by atoms with Crippen molar-refractivity contribution >= 4 is 50.2 Å². The van der Waals surface area contributed by atoms with Crippen molar-refractivity contribution < 1.29 is 5.11 Å². The van der Waals surface area contributed by atoms with Gasteiger partial charge in [-0.25, -0.2) is 0 Å². The third-order valence-corrected chi connectivity index (χ3v) is 8.39. The van der Waals surface area contributed by atoms with Crippen LogP contribution >= 0.6 is 39.5 Å². The van der Waals surface area contributed by atoms with Crippen molar-refractivity contribution in [3.63, 3.8) is 0 Å². The van der Waals surface area contributed by atoms with Crippen molar-refractivity contribution in [2.75, 3.05) is 0 Å². The van der Waals surface area contributed by atoms with Crippen LogP contribution in [0.2, 0.25) is 0 Å². The van der Waals surface area contributed by atoms with Gasteiger partial charge in [0.2, 0.25) is 0 Å². The summed E-state index contributed by atoms with van der Waals surface area (Å²) < 4.78 is 1.28. The van der Waals surface area contributed by atoms with E-state index >= 15 is 0 Å². The van der Waals surface area contributed by atoms with Crippen molar-refractivity contribution in [1.29, 1.82) is 0 Å². The van der Waals surface area contributed by atoms with Gasteiger partial charge in [-0.05, 0) is 47.6 Å². The van der Waals surface area contributed by atoms with Gasteiger partial charge in [0.1, 0.15) is 5.75 Å². The third-order valence-electron chi connectivity index (χ3n) is 4.85. The maximum absolute atomic E-state index is 10.9. The zero-order chi connectivity index (χ0) is 17.6. The number of aromatic hydroxyl groups is 1. The van der Waals surface area contributed by atoms with E-state index in [0.717, 1.165) is 32.3 Å². The van der Waals surface area contributed by atoms with Gasteiger partial charge < -0.3 is 5.11 Å². The first-order valence-electron chi connectivity index (χ1n) is 8.27. The Bertz CT molecular complexity index is 935. The van der Waals surface area contributed by atoms with Crippen LogP contribution in [-0.2, 0) is 11.5 Å². The highest BCUT2D eigenvalue weighted by atomic mass is 79.9. The Balaban J connectivity index is 1.72. The predicted molar refractivity (Wildman–Crippen MR) is 115 cm³/mol. The first-order chi connectivity index (χ1) is 12.0. The molecule has 0 saturated carbocycles. The minimum atomic E-state index is 0.230. The van der Waals surface area contributed by atoms with Crippen LogP contribution in [0.15, 0.2) is 46.9 Å². The molecule has 1 aliphatic rings. The van der Waals surface area contributed by atoms with E-state index in [1.165, 1.54) is 22.3 Å². The van der Waals surface area contributed by atoms with Crippen molar-refractivity contribution in [2.24, 2.45) is 0 Å². The summed E-state index contributed by atoms with van der Waals surface area (Å²) in [5, 5.41) is 12.9. The molecule has 0 amide bonds. The quantitative estimate of drug-likeness (QED) is 0.444. The summed E-state index contributed by atoms with van der Waals surface area (Å²) in [4.78, 5) is 0. The van der Waals surface area contributed by atoms with Gasteiger partial charge in [0.15, 0.2) is 0 Å². The Hall–Kier alpha value is -1.10. The normalized spacial score (nSPS) is 15.2. The van der Waals surface area contributed by atoms with Gasteiger partial charge >= 0.3 is 0 Å². The fourth-order valence-electron chi connectivity index (χ4n) is 3.28. The molecule has 3 aromatic carbocycles. The molecule has 1 aliphatic heterocycles. The number of benzene rings is 3. The molecule has 0 saturated heterocycles. The maximum Gasteiger partial charge on any atom is 0.128 e. The number of thioether (sulfide) groups is 2. The van der Waals surface area contributed by atoms with Crippen LogP contribution in [0.25, 0.3) is 10.8 Å². The molecule has 4 rings (SSSR count). The summed E-state index contributed by atoms with van der Waals surface area (Å²) in [7, 11) is 0. The lowest BCUT2D eigenvalue weighted by Crippen LogP contribution is -1.92. The number of aryl methyl sites for hydroxylation is 2. The molecule has 0 aliphatic carbocycles. The minimum absolute atomic E-state index is 0.230. The molecule has 25 heavy (non-hydrogen) atoms. The number of phenolic OH excluding ortho intramolecular Hbond substituents is 1. The first kappa shape index (κ1) is 17.3. The van der Waals surface area contributed by atoms with Crippen molar-refractivity contribution in [3.05, 3.63) is 74.8 Å². The van der Waals surface area contributed by atoms with Gasteiger partial charge in [0, 0.05) is 26.9 Å². The van der Waals surface area contributed by atoms with E-state index in [0.29, 0.717) is 5.75 Å². The van der Waals surface area contributed by atoms with E-state index in [9.17, 15) is 5.11 Å². The number of phenols is 1. The average molecular weight is 431 g/mol. The first-order valence-corrected chi connectivity index (χ1v) is 11.2. The average Bonchev–Trinajstić information content (AvgIpc) is 2.81. The van der Waals surface area contributed by atoms with E-state index < -0.39 is 0 Å². The summed E-state index contributed by atoms with van der Waals surface area (Å²) in [6, 6.07) is 14.8. The van der Waals surface area contributed by atoms with Gasteiger partial charge in [-0.3, -0.25) is 0 Å². The van der Waals surface area contributed by atoms with Crippen LogP contribution in [-0.4, -0.2) is 5.11 Å². The zero-order valence-electron chi connectivity index (χ0n) is 14.2. The summed E-state index contributed by atoms with van der Waals surface area (Å²) in [5.41, 5.74) is 6.60. The smallest absolute Gasteiger partial charge is 0.128 e. The summed E-state index contributed by atoms with van der Waals surface area (Å²) in [5.74, 6) is 2.39. The van der Waals surface area contributed by atoms with Gasteiger partial charge in [0.05, 0.1) is 4.58 Å². The number of rotatable bonds is 1. The summed E-state index contributed by atoms with van der Waals surface area (Å²) >= 11 is 7.50. The van der Waals surface area contributed by atoms with E-state index in [-0.39, 0.29) is 4.58 Å². The van der Waals surface area contributed by atoms with E-state index in [1.54, 1.807) is 0 Å². The second kappa shape index (κ2) is 6.90. The Morgan fingerprint density at radius 1 is 0.920 bits per heavy atom. The molecule has 1 nitrogen and oxygen atoms in total. The van der Waals surface area contributed by atoms with Crippen molar-refractivity contribution in [2.45, 2.75) is 29.9 Å². The molecule has 3 aromatic rings. The van der Waals surface area contributed by atoms with Crippen LogP contribution in [0, 0.1) is 13.8 Å².